The smallest absolute Gasteiger partial charge is 0.507 e. The number of fused-ring (bicyclic) bond motifs is 1. The normalized spacial score (nSPS) is 22.7. The molecule has 0 saturated carbocycles. The number of hydrogen-bond donors (Lipinski definition) is 1. The SMILES string of the molecule is Cc1c(O)cc2oc(=O)c3c4c2c1OP(=O)(O3)O4. The van der Waals surface area contributed by atoms with Gasteiger partial charge in [0.1, 0.15) is 16.7 Å². The summed E-state index contributed by atoms with van der Waals surface area (Å²) in [4.78, 5) is 11.6. The van der Waals surface area contributed by atoms with E-state index in [9.17, 15) is 14.5 Å². The average Bonchev–Trinajstić information content (AvgIpc) is 2.59. The van der Waals surface area contributed by atoms with E-state index in [4.69, 9.17) is 18.0 Å². The summed E-state index contributed by atoms with van der Waals surface area (Å²) >= 11 is 0. The molecule has 3 heterocycles. The van der Waals surface area contributed by atoms with Crippen molar-refractivity contribution in [1.29, 1.82) is 0 Å². The fourth-order valence-corrected chi connectivity index (χ4v) is 3.38. The van der Waals surface area contributed by atoms with Crippen molar-refractivity contribution >= 4 is 18.8 Å². The monoisotopic (exact) mass is 268 g/mol. The van der Waals surface area contributed by atoms with Crippen LogP contribution < -0.4 is 19.2 Å². The minimum absolute atomic E-state index is 0.0499. The molecule has 4 rings (SSSR count). The van der Waals surface area contributed by atoms with E-state index in [1.54, 1.807) is 6.92 Å². The van der Waals surface area contributed by atoms with Gasteiger partial charge in [-0.1, -0.05) is 0 Å². The van der Waals surface area contributed by atoms with E-state index in [2.05, 4.69) is 0 Å². The van der Waals surface area contributed by atoms with Gasteiger partial charge in [-0.15, -0.1) is 0 Å². The van der Waals surface area contributed by atoms with Gasteiger partial charge in [0, 0.05) is 11.6 Å². The van der Waals surface area contributed by atoms with Gasteiger partial charge in [0.25, 0.3) is 5.75 Å². The number of phenols is 1. The molecule has 1 N–H and O–H groups in total. The molecule has 2 aliphatic rings. The quantitative estimate of drug-likeness (QED) is 0.577. The van der Waals surface area contributed by atoms with Crippen LogP contribution in [0.1, 0.15) is 5.56 Å². The Hall–Kier alpha value is -2.14. The molecule has 2 bridgehead atoms. The number of phenolic OH excluding ortho intramolecular Hbond substituents is 1. The van der Waals surface area contributed by atoms with Gasteiger partial charge in [-0.25, -0.2) is 4.79 Å². The molecule has 0 fully saturated rings. The van der Waals surface area contributed by atoms with E-state index in [0.717, 1.165) is 0 Å². The summed E-state index contributed by atoms with van der Waals surface area (Å²) in [6, 6.07) is 1.27. The molecule has 2 aliphatic heterocycles. The van der Waals surface area contributed by atoms with E-state index in [0.29, 0.717) is 10.9 Å². The van der Waals surface area contributed by atoms with Crippen molar-refractivity contribution in [2.75, 3.05) is 0 Å². The van der Waals surface area contributed by atoms with Gasteiger partial charge in [0.15, 0.2) is 11.5 Å². The van der Waals surface area contributed by atoms with Crippen LogP contribution in [0.2, 0.25) is 0 Å². The second kappa shape index (κ2) is 2.64. The lowest BCUT2D eigenvalue weighted by atomic mass is 10.1. The molecule has 1 aromatic heterocycles. The van der Waals surface area contributed by atoms with Crippen LogP contribution in [0.25, 0.3) is 11.0 Å². The Kier molecular flexibility index (Phi) is 1.45. The van der Waals surface area contributed by atoms with Gasteiger partial charge in [-0.05, 0) is 6.92 Å². The molecule has 0 amide bonds. The molecular formula is C10H5O7P. The van der Waals surface area contributed by atoms with Crippen LogP contribution in [0.3, 0.4) is 0 Å². The molecule has 0 radical (unpaired) electrons. The minimum atomic E-state index is -3.86. The van der Waals surface area contributed by atoms with E-state index >= 15 is 0 Å². The maximum absolute atomic E-state index is 12.0. The Labute approximate surface area is 99.1 Å². The number of phosphoric acid groups is 1. The topological polar surface area (TPSA) is 95.2 Å². The fourth-order valence-electron chi connectivity index (χ4n) is 2.04. The van der Waals surface area contributed by atoms with Gasteiger partial charge >= 0.3 is 13.4 Å². The first-order valence-electron chi connectivity index (χ1n) is 5.01. The zero-order chi connectivity index (χ0) is 12.7. The molecule has 0 aliphatic carbocycles. The van der Waals surface area contributed by atoms with Crippen molar-refractivity contribution in [3.8, 4) is 23.0 Å². The lowest BCUT2D eigenvalue weighted by molar-refractivity contribution is 0.325. The van der Waals surface area contributed by atoms with E-state index in [1.807, 2.05) is 0 Å². The fraction of sp³-hybridized carbons (Fsp3) is 0.100. The van der Waals surface area contributed by atoms with Crippen LogP contribution >= 0.6 is 7.82 Å². The van der Waals surface area contributed by atoms with Crippen LogP contribution in [0.5, 0.6) is 23.0 Å². The molecule has 1 unspecified atom stereocenters. The van der Waals surface area contributed by atoms with E-state index in [1.165, 1.54) is 6.07 Å². The summed E-state index contributed by atoms with van der Waals surface area (Å²) in [5, 5.41) is 10.0. The van der Waals surface area contributed by atoms with Crippen molar-refractivity contribution < 1.29 is 27.7 Å². The van der Waals surface area contributed by atoms with Gasteiger partial charge in [-0.2, -0.15) is 4.57 Å². The van der Waals surface area contributed by atoms with Gasteiger partial charge in [0.05, 0.1) is 0 Å². The summed E-state index contributed by atoms with van der Waals surface area (Å²) in [7, 11) is -3.86. The van der Waals surface area contributed by atoms with Crippen molar-refractivity contribution in [1.82, 2.24) is 0 Å². The van der Waals surface area contributed by atoms with Crippen molar-refractivity contribution in [2.45, 2.75) is 6.92 Å². The summed E-state index contributed by atoms with van der Waals surface area (Å²) in [6.45, 7) is 1.58. The Bertz CT molecular complexity index is 834. The maximum atomic E-state index is 12.0. The first-order valence-corrected chi connectivity index (χ1v) is 6.47. The molecule has 92 valence electrons. The minimum Gasteiger partial charge on any atom is -0.507 e. The molecule has 0 spiro atoms. The van der Waals surface area contributed by atoms with Gasteiger partial charge in [-0.3, -0.25) is 0 Å². The first-order chi connectivity index (χ1) is 8.48. The standard InChI is InChI=1S/C10H5O7P/c1-3-4(11)2-5-6-7(3)15-18(13)16-8(6)9(17-18)10(12)14-5/h2,11H,1H3. The van der Waals surface area contributed by atoms with Crippen molar-refractivity contribution in [2.24, 2.45) is 0 Å². The number of aromatic hydroxyl groups is 1. The maximum Gasteiger partial charge on any atom is 0.647 e. The molecule has 0 saturated heterocycles. The summed E-state index contributed by atoms with van der Waals surface area (Å²) < 4.78 is 32.0. The third-order valence-corrected chi connectivity index (χ3v) is 4.12. The lowest BCUT2D eigenvalue weighted by Crippen LogP contribution is -2.05. The number of rotatable bonds is 0. The predicted molar refractivity (Wildman–Crippen MR) is 58.4 cm³/mol. The molecule has 8 heteroatoms. The number of benzene rings is 1. The Morgan fingerprint density at radius 3 is 2.61 bits per heavy atom. The highest BCUT2D eigenvalue weighted by Gasteiger charge is 2.49. The van der Waals surface area contributed by atoms with Crippen LogP contribution in [0.15, 0.2) is 15.3 Å². The highest BCUT2D eigenvalue weighted by Crippen LogP contribution is 2.65. The zero-order valence-corrected chi connectivity index (χ0v) is 9.82. The second-order valence-electron chi connectivity index (χ2n) is 3.99. The molecule has 1 atom stereocenters. The Morgan fingerprint density at radius 1 is 1.17 bits per heavy atom. The zero-order valence-electron chi connectivity index (χ0n) is 8.92. The van der Waals surface area contributed by atoms with Gasteiger partial charge in [0.2, 0.25) is 0 Å². The highest BCUT2D eigenvalue weighted by atomic mass is 31.2. The lowest BCUT2D eigenvalue weighted by Gasteiger charge is -2.18. The van der Waals surface area contributed by atoms with Crippen LogP contribution in [-0.2, 0) is 4.57 Å². The number of phosphoric ester groups is 1. The summed E-state index contributed by atoms with van der Waals surface area (Å²) in [5.41, 5.74) is -0.360. The van der Waals surface area contributed by atoms with Crippen molar-refractivity contribution in [3.63, 3.8) is 0 Å². The van der Waals surface area contributed by atoms with Crippen LogP contribution in [0.4, 0.5) is 0 Å². The molecule has 2 aromatic rings. The third-order valence-electron chi connectivity index (χ3n) is 2.90. The number of hydrogen-bond acceptors (Lipinski definition) is 7. The van der Waals surface area contributed by atoms with E-state index < -0.39 is 13.4 Å². The summed E-state index contributed by atoms with van der Waals surface area (Å²) in [6.07, 6.45) is 0. The predicted octanol–water partition coefficient (Wildman–Crippen LogP) is 2.08. The Morgan fingerprint density at radius 2 is 1.83 bits per heavy atom. The molecule has 7 nitrogen and oxygen atoms in total. The Balaban J connectivity index is 2.32. The van der Waals surface area contributed by atoms with Gasteiger partial charge < -0.3 is 23.1 Å². The molecule has 1 aromatic carbocycles. The third kappa shape index (κ3) is 0.960. The highest BCUT2D eigenvalue weighted by molar-refractivity contribution is 7.50. The second-order valence-corrected chi connectivity index (χ2v) is 5.43. The van der Waals surface area contributed by atoms with Crippen molar-refractivity contribution in [3.05, 3.63) is 22.0 Å². The molecular weight excluding hydrogens is 263 g/mol. The van der Waals surface area contributed by atoms with E-state index in [-0.39, 0.29) is 28.6 Å². The first kappa shape index (κ1) is 9.85. The van der Waals surface area contributed by atoms with Crippen LogP contribution in [-0.4, -0.2) is 5.11 Å². The molecule has 18 heavy (non-hydrogen) atoms. The van der Waals surface area contributed by atoms with Crippen LogP contribution in [0, 0.1) is 6.92 Å². The summed E-state index contributed by atoms with van der Waals surface area (Å²) in [5.74, 6) is -0.185. The largest absolute Gasteiger partial charge is 0.647 e. The average molecular weight is 268 g/mol.